The van der Waals surface area contributed by atoms with Crippen LogP contribution in [0.4, 0.5) is 14.9 Å². The minimum absolute atomic E-state index is 0.101. The number of nitrogens with one attached hydrogen (secondary N) is 1. The fourth-order valence-electron chi connectivity index (χ4n) is 4.65. The number of carbonyl (C=O) groups is 3. The highest BCUT2D eigenvalue weighted by Gasteiger charge is 2.32. The van der Waals surface area contributed by atoms with Gasteiger partial charge in [0.2, 0.25) is 0 Å². The van der Waals surface area contributed by atoms with E-state index < -0.39 is 24.1 Å². The van der Waals surface area contributed by atoms with Crippen LogP contribution in [0, 0.1) is 5.82 Å². The fraction of sp³-hybridized carbons (Fsp3) is 0.333. The Morgan fingerprint density at radius 2 is 1.95 bits per heavy atom. The lowest BCUT2D eigenvalue weighted by Gasteiger charge is -2.30. The number of halogens is 1. The maximum Gasteiger partial charge on any atom is 0.342 e. The summed E-state index contributed by atoms with van der Waals surface area (Å²) in [5, 5.41) is 16.4. The molecule has 0 aliphatic carbocycles. The number of aliphatic hydroxyl groups is 1. The van der Waals surface area contributed by atoms with E-state index in [1.165, 1.54) is 29.4 Å². The number of ether oxygens (including phenoxy) is 1. The molecule has 3 heterocycles. The maximum atomic E-state index is 13.5. The predicted molar refractivity (Wildman–Crippen MR) is 136 cm³/mol. The summed E-state index contributed by atoms with van der Waals surface area (Å²) in [6.45, 7) is 0.832. The summed E-state index contributed by atoms with van der Waals surface area (Å²) >= 11 is 0. The van der Waals surface area contributed by atoms with Gasteiger partial charge in [0.25, 0.3) is 11.8 Å². The zero-order valence-corrected chi connectivity index (χ0v) is 20.8. The molecule has 2 aromatic carbocycles. The van der Waals surface area contributed by atoms with Crippen LogP contribution in [0.3, 0.4) is 0 Å². The Hall–Kier alpha value is -4.25. The van der Waals surface area contributed by atoms with Crippen LogP contribution < -0.4 is 15.0 Å². The molecule has 2 aliphatic heterocycles. The number of anilines is 1. The minimum atomic E-state index is -0.987. The Morgan fingerprint density at radius 1 is 1.16 bits per heavy atom. The number of fused-ring (bicyclic) bond motifs is 1. The van der Waals surface area contributed by atoms with E-state index >= 15 is 0 Å². The smallest absolute Gasteiger partial charge is 0.342 e. The van der Waals surface area contributed by atoms with E-state index in [0.29, 0.717) is 54.9 Å². The Morgan fingerprint density at radius 3 is 2.71 bits per heavy atom. The summed E-state index contributed by atoms with van der Waals surface area (Å²) < 4.78 is 20.4. The number of amides is 3. The van der Waals surface area contributed by atoms with Crippen LogP contribution in [0.25, 0.3) is 0 Å². The van der Waals surface area contributed by atoms with Gasteiger partial charge in [0.15, 0.2) is 0 Å². The second-order valence-corrected chi connectivity index (χ2v) is 9.52. The van der Waals surface area contributed by atoms with Gasteiger partial charge in [-0.1, -0.05) is 12.1 Å². The van der Waals surface area contributed by atoms with E-state index in [2.05, 4.69) is 10.4 Å². The van der Waals surface area contributed by atoms with Crippen molar-refractivity contribution in [1.82, 2.24) is 20.0 Å². The summed E-state index contributed by atoms with van der Waals surface area (Å²) in [5.74, 6) is -0.510. The average Bonchev–Trinajstić information content (AvgIpc) is 3.34. The topological polar surface area (TPSA) is 117 Å². The van der Waals surface area contributed by atoms with E-state index in [0.717, 1.165) is 10.2 Å². The SMILES string of the molecule is CN1C(=O)[C@@H](NC(=O)n2cc(Cc3cccc(F)c3)cn2)COc2ccc(C(=O)N3CCC(O)CC3)cc21. The third-order valence-electron chi connectivity index (χ3n) is 6.79. The lowest BCUT2D eigenvalue weighted by atomic mass is 10.1. The normalized spacial score (nSPS) is 18.0. The molecule has 5 rings (SSSR count). The van der Waals surface area contributed by atoms with Crippen LogP contribution in [0.5, 0.6) is 5.75 Å². The molecule has 3 amide bonds. The van der Waals surface area contributed by atoms with Crippen LogP contribution in [-0.2, 0) is 11.2 Å². The summed E-state index contributed by atoms with van der Waals surface area (Å²) in [7, 11) is 1.56. The summed E-state index contributed by atoms with van der Waals surface area (Å²) in [6, 6.07) is 9.48. The van der Waals surface area contributed by atoms with Crippen molar-refractivity contribution in [3.8, 4) is 5.75 Å². The van der Waals surface area contributed by atoms with Gasteiger partial charge in [-0.15, -0.1) is 0 Å². The molecule has 2 N–H and O–H groups in total. The van der Waals surface area contributed by atoms with E-state index in [1.807, 2.05) is 0 Å². The molecular weight excluding hydrogens is 493 g/mol. The molecule has 11 heteroatoms. The lowest BCUT2D eigenvalue weighted by molar-refractivity contribution is -0.120. The maximum absolute atomic E-state index is 13.5. The molecule has 10 nitrogen and oxygen atoms in total. The molecule has 0 spiro atoms. The van der Waals surface area contributed by atoms with Crippen molar-refractivity contribution in [1.29, 1.82) is 0 Å². The number of aromatic nitrogens is 2. The highest BCUT2D eigenvalue weighted by Crippen LogP contribution is 2.32. The third-order valence-corrected chi connectivity index (χ3v) is 6.79. The summed E-state index contributed by atoms with van der Waals surface area (Å²) in [4.78, 5) is 42.1. The number of hydrogen-bond acceptors (Lipinski definition) is 6. The third kappa shape index (κ3) is 5.37. The van der Waals surface area contributed by atoms with Gasteiger partial charge in [0.1, 0.15) is 24.2 Å². The summed E-state index contributed by atoms with van der Waals surface area (Å²) in [6.07, 6.45) is 4.10. The van der Waals surface area contributed by atoms with Crippen LogP contribution in [-0.4, -0.2) is 76.5 Å². The van der Waals surface area contributed by atoms with Crippen molar-refractivity contribution in [3.63, 3.8) is 0 Å². The molecule has 3 aromatic rings. The zero-order chi connectivity index (χ0) is 26.8. The van der Waals surface area contributed by atoms with Gasteiger partial charge < -0.3 is 25.0 Å². The van der Waals surface area contributed by atoms with Crippen LogP contribution in [0.1, 0.15) is 34.3 Å². The summed E-state index contributed by atoms with van der Waals surface area (Å²) in [5.41, 5.74) is 2.28. The molecule has 2 aliphatic rings. The number of rotatable bonds is 4. The van der Waals surface area contributed by atoms with Gasteiger partial charge in [0, 0.05) is 38.3 Å². The Bertz CT molecular complexity index is 1370. The Balaban J connectivity index is 1.25. The van der Waals surface area contributed by atoms with Gasteiger partial charge in [-0.05, 0) is 54.3 Å². The van der Waals surface area contributed by atoms with Gasteiger partial charge in [-0.3, -0.25) is 9.59 Å². The number of piperidine rings is 1. The fourth-order valence-corrected chi connectivity index (χ4v) is 4.65. The monoisotopic (exact) mass is 521 g/mol. The Kier molecular flexibility index (Phi) is 7.10. The quantitative estimate of drug-likeness (QED) is 0.544. The number of aliphatic hydroxyl groups excluding tert-OH is 1. The number of nitrogens with zero attached hydrogens (tertiary/aromatic N) is 4. The molecule has 0 unspecified atom stereocenters. The first-order valence-corrected chi connectivity index (χ1v) is 12.4. The lowest BCUT2D eigenvalue weighted by Crippen LogP contribution is -2.50. The molecular formula is C27H28FN5O5. The average molecular weight is 522 g/mol. The first kappa shape index (κ1) is 25.4. The van der Waals surface area contributed by atoms with Gasteiger partial charge in [-0.2, -0.15) is 9.78 Å². The number of likely N-dealkylation sites (tertiary alicyclic amines) is 1. The van der Waals surface area contributed by atoms with Crippen LogP contribution in [0.2, 0.25) is 0 Å². The Labute approximate surface area is 218 Å². The number of carbonyl (C=O) groups excluding carboxylic acids is 3. The largest absolute Gasteiger partial charge is 0.489 e. The van der Waals surface area contributed by atoms with Crippen LogP contribution >= 0.6 is 0 Å². The molecule has 1 saturated heterocycles. The van der Waals surface area contributed by atoms with Crippen molar-refractivity contribution < 1.29 is 28.6 Å². The molecule has 38 heavy (non-hydrogen) atoms. The molecule has 0 saturated carbocycles. The highest BCUT2D eigenvalue weighted by atomic mass is 19.1. The molecule has 1 aromatic heterocycles. The van der Waals surface area contributed by atoms with Crippen molar-refractivity contribution in [2.75, 3.05) is 31.6 Å². The van der Waals surface area contributed by atoms with Gasteiger partial charge in [0.05, 0.1) is 18.0 Å². The molecule has 0 radical (unpaired) electrons. The van der Waals surface area contributed by atoms with Gasteiger partial charge in [-0.25, -0.2) is 9.18 Å². The highest BCUT2D eigenvalue weighted by molar-refractivity contribution is 6.02. The first-order chi connectivity index (χ1) is 18.3. The molecule has 0 bridgehead atoms. The van der Waals surface area contributed by atoms with Crippen molar-refractivity contribution in [2.24, 2.45) is 0 Å². The number of likely N-dealkylation sites (N-methyl/N-ethyl adjacent to an activating group) is 1. The van der Waals surface area contributed by atoms with E-state index in [9.17, 15) is 23.9 Å². The van der Waals surface area contributed by atoms with Gasteiger partial charge >= 0.3 is 6.03 Å². The van der Waals surface area contributed by atoms with E-state index in [-0.39, 0.29) is 18.3 Å². The first-order valence-electron chi connectivity index (χ1n) is 12.4. The minimum Gasteiger partial charge on any atom is -0.489 e. The molecule has 1 atom stereocenters. The standard InChI is InChI=1S/C27H28FN5O5/c1-31-23-13-19(25(35)32-9-7-21(34)8-10-32)5-6-24(23)38-16-22(26(31)36)30-27(37)33-15-18(14-29-33)11-17-3-2-4-20(28)12-17/h2-6,12-15,21-22,34H,7-11,16H2,1H3,(H,30,37)/t22-/m0/s1. The second kappa shape index (κ2) is 10.6. The molecule has 1 fully saturated rings. The second-order valence-electron chi connectivity index (χ2n) is 9.52. The van der Waals surface area contributed by atoms with Crippen LogP contribution in [0.15, 0.2) is 54.9 Å². The van der Waals surface area contributed by atoms with Crippen molar-refractivity contribution in [2.45, 2.75) is 31.4 Å². The zero-order valence-electron chi connectivity index (χ0n) is 20.8. The molecule has 198 valence electrons. The van der Waals surface area contributed by atoms with Crippen molar-refractivity contribution in [3.05, 3.63) is 77.4 Å². The number of hydrogen-bond donors (Lipinski definition) is 2. The van der Waals surface area contributed by atoms with E-state index in [4.69, 9.17) is 4.74 Å². The van der Waals surface area contributed by atoms with Crippen molar-refractivity contribution >= 4 is 23.5 Å². The predicted octanol–water partition coefficient (Wildman–Crippen LogP) is 2.19. The number of benzene rings is 2. The van der Waals surface area contributed by atoms with E-state index in [1.54, 1.807) is 42.3 Å².